The number of carbonyl (C=O) groups excluding carboxylic acids is 2. The molecule has 1 aliphatic rings. The molecule has 3 rings (SSSR count). The third-order valence-corrected chi connectivity index (χ3v) is 4.89. The van der Waals surface area contributed by atoms with Gasteiger partial charge in [0.1, 0.15) is 0 Å². The maximum Gasteiger partial charge on any atom is 0.321 e. The second-order valence-electron chi connectivity index (χ2n) is 5.90. The van der Waals surface area contributed by atoms with Crippen molar-refractivity contribution in [3.8, 4) is 0 Å². The van der Waals surface area contributed by atoms with Crippen LogP contribution in [-0.4, -0.2) is 29.9 Å². The van der Waals surface area contributed by atoms with Crippen molar-refractivity contribution in [3.05, 3.63) is 58.3 Å². The van der Waals surface area contributed by atoms with E-state index in [2.05, 4.69) is 32.4 Å². The van der Waals surface area contributed by atoms with E-state index in [1.165, 1.54) is 5.56 Å². The van der Waals surface area contributed by atoms with Crippen molar-refractivity contribution >= 4 is 23.3 Å². The molecule has 0 bridgehead atoms. The summed E-state index contributed by atoms with van der Waals surface area (Å²) in [6, 6.07) is 11.6. The zero-order chi connectivity index (χ0) is 16.8. The Balaban J connectivity index is 1.45. The molecule has 2 N–H and O–H groups in total. The summed E-state index contributed by atoms with van der Waals surface area (Å²) in [7, 11) is 0. The second-order valence-corrected chi connectivity index (χ2v) is 6.68. The van der Waals surface area contributed by atoms with Gasteiger partial charge in [-0.05, 0) is 47.3 Å². The van der Waals surface area contributed by atoms with Crippen molar-refractivity contribution < 1.29 is 9.59 Å². The molecule has 1 aliphatic heterocycles. The molecule has 0 aliphatic carbocycles. The van der Waals surface area contributed by atoms with Crippen LogP contribution in [0, 0.1) is 0 Å². The minimum Gasteiger partial charge on any atom is -0.334 e. The summed E-state index contributed by atoms with van der Waals surface area (Å²) >= 11 is 1.67. The number of carbonyl (C=O) groups is 2. The summed E-state index contributed by atoms with van der Waals surface area (Å²) in [5.74, 6) is -0.261. The molecule has 1 fully saturated rings. The van der Waals surface area contributed by atoms with Gasteiger partial charge in [-0.15, -0.1) is 0 Å². The van der Waals surface area contributed by atoms with E-state index in [0.29, 0.717) is 6.54 Å². The molecule has 6 heteroatoms. The Morgan fingerprint density at radius 1 is 1.21 bits per heavy atom. The average Bonchev–Trinajstić information content (AvgIpc) is 3.25. The molecule has 0 saturated carbocycles. The first-order valence-electron chi connectivity index (χ1n) is 8.10. The van der Waals surface area contributed by atoms with Crippen LogP contribution in [-0.2, 0) is 11.3 Å². The molecular weight excluding hydrogens is 322 g/mol. The van der Waals surface area contributed by atoms with Gasteiger partial charge in [-0.3, -0.25) is 15.0 Å². The number of hydrogen-bond donors (Lipinski definition) is 2. The fourth-order valence-electron chi connectivity index (χ4n) is 3.03. The van der Waals surface area contributed by atoms with Crippen molar-refractivity contribution in [3.63, 3.8) is 0 Å². The van der Waals surface area contributed by atoms with Crippen LogP contribution in [0.3, 0.4) is 0 Å². The molecule has 2 aromatic rings. The predicted octanol–water partition coefficient (Wildman–Crippen LogP) is 2.91. The highest BCUT2D eigenvalue weighted by atomic mass is 32.1. The highest BCUT2D eigenvalue weighted by Crippen LogP contribution is 2.32. The van der Waals surface area contributed by atoms with Gasteiger partial charge in [-0.25, -0.2) is 4.79 Å². The third kappa shape index (κ3) is 4.43. The molecule has 1 aromatic heterocycles. The molecular formula is C18H21N3O2S. The number of likely N-dealkylation sites (tertiary alicyclic amines) is 1. The Morgan fingerprint density at radius 2 is 2.04 bits per heavy atom. The molecule has 1 aromatic carbocycles. The molecule has 3 amide bonds. The highest BCUT2D eigenvalue weighted by Gasteiger charge is 2.28. The normalized spacial score (nSPS) is 17.6. The van der Waals surface area contributed by atoms with Crippen LogP contribution in [0.25, 0.3) is 0 Å². The van der Waals surface area contributed by atoms with E-state index in [-0.39, 0.29) is 18.5 Å². The quantitative estimate of drug-likeness (QED) is 0.877. The number of hydrogen-bond acceptors (Lipinski definition) is 4. The van der Waals surface area contributed by atoms with Gasteiger partial charge < -0.3 is 5.32 Å². The summed E-state index contributed by atoms with van der Waals surface area (Å²) in [5, 5.41) is 9.31. The maximum atomic E-state index is 12.1. The number of thiophene rings is 1. The lowest BCUT2D eigenvalue weighted by Gasteiger charge is -2.23. The van der Waals surface area contributed by atoms with Crippen molar-refractivity contribution in [2.45, 2.75) is 25.4 Å². The fourth-order valence-corrected chi connectivity index (χ4v) is 3.74. The second kappa shape index (κ2) is 8.08. The molecule has 126 valence electrons. The Morgan fingerprint density at radius 3 is 2.79 bits per heavy atom. The number of imide groups is 1. The topological polar surface area (TPSA) is 61.4 Å². The van der Waals surface area contributed by atoms with Crippen molar-refractivity contribution in [1.29, 1.82) is 0 Å². The van der Waals surface area contributed by atoms with Gasteiger partial charge in [0.15, 0.2) is 0 Å². The van der Waals surface area contributed by atoms with Crippen LogP contribution in [0.15, 0.2) is 47.2 Å². The lowest BCUT2D eigenvalue weighted by atomic mass is 10.1. The molecule has 24 heavy (non-hydrogen) atoms. The molecule has 1 atom stereocenters. The summed E-state index contributed by atoms with van der Waals surface area (Å²) in [5.41, 5.74) is 2.26. The summed E-state index contributed by atoms with van der Waals surface area (Å²) in [6.45, 7) is 1.54. The number of urea groups is 1. The van der Waals surface area contributed by atoms with E-state index in [1.54, 1.807) is 11.3 Å². The largest absolute Gasteiger partial charge is 0.334 e. The number of benzene rings is 1. The average molecular weight is 343 g/mol. The van der Waals surface area contributed by atoms with Gasteiger partial charge in [-0.1, -0.05) is 30.3 Å². The monoisotopic (exact) mass is 343 g/mol. The zero-order valence-electron chi connectivity index (χ0n) is 13.4. The molecule has 1 unspecified atom stereocenters. The van der Waals surface area contributed by atoms with Gasteiger partial charge >= 0.3 is 6.03 Å². The lowest BCUT2D eigenvalue weighted by Crippen LogP contribution is -2.44. The standard InChI is InChI=1S/C18H21N3O2S/c22-17(20-18(23)19-11-14-5-2-1-3-6-14)12-21-9-4-7-16(21)15-8-10-24-13-15/h1-3,5-6,8,10,13,16H,4,7,9,11-12H2,(H2,19,20,22,23). The van der Waals surface area contributed by atoms with Crippen molar-refractivity contribution in [2.75, 3.05) is 13.1 Å². The number of nitrogens with one attached hydrogen (secondary N) is 2. The van der Waals surface area contributed by atoms with E-state index in [9.17, 15) is 9.59 Å². The molecule has 5 nitrogen and oxygen atoms in total. The van der Waals surface area contributed by atoms with Gasteiger partial charge in [0.25, 0.3) is 0 Å². The number of amides is 3. The first-order chi connectivity index (χ1) is 11.7. The Labute approximate surface area is 145 Å². The Bertz CT molecular complexity index is 673. The van der Waals surface area contributed by atoms with Gasteiger partial charge in [-0.2, -0.15) is 11.3 Å². The smallest absolute Gasteiger partial charge is 0.321 e. The third-order valence-electron chi connectivity index (χ3n) is 4.19. The summed E-state index contributed by atoms with van der Waals surface area (Å²) in [6.07, 6.45) is 2.14. The number of nitrogens with zero attached hydrogens (tertiary/aromatic N) is 1. The van der Waals surface area contributed by atoms with Crippen LogP contribution < -0.4 is 10.6 Å². The van der Waals surface area contributed by atoms with Crippen LogP contribution in [0.1, 0.15) is 30.0 Å². The van der Waals surface area contributed by atoms with Crippen LogP contribution in [0.2, 0.25) is 0 Å². The van der Waals surface area contributed by atoms with E-state index < -0.39 is 6.03 Å². The summed E-state index contributed by atoms with van der Waals surface area (Å²) < 4.78 is 0. The maximum absolute atomic E-state index is 12.1. The van der Waals surface area contributed by atoms with Gasteiger partial charge in [0, 0.05) is 12.6 Å². The van der Waals surface area contributed by atoms with E-state index in [4.69, 9.17) is 0 Å². The zero-order valence-corrected chi connectivity index (χ0v) is 14.2. The van der Waals surface area contributed by atoms with Crippen LogP contribution in [0.4, 0.5) is 4.79 Å². The summed E-state index contributed by atoms with van der Waals surface area (Å²) in [4.78, 5) is 26.1. The van der Waals surface area contributed by atoms with Crippen molar-refractivity contribution in [2.24, 2.45) is 0 Å². The first kappa shape index (κ1) is 16.7. The van der Waals surface area contributed by atoms with Crippen LogP contribution >= 0.6 is 11.3 Å². The minimum atomic E-state index is -0.449. The van der Waals surface area contributed by atoms with E-state index in [0.717, 1.165) is 24.9 Å². The minimum absolute atomic E-state index is 0.249. The molecule has 0 spiro atoms. The SMILES string of the molecule is O=C(CN1CCCC1c1ccsc1)NC(=O)NCc1ccccc1. The molecule has 0 radical (unpaired) electrons. The van der Waals surface area contributed by atoms with E-state index >= 15 is 0 Å². The Hall–Kier alpha value is -2.18. The lowest BCUT2D eigenvalue weighted by molar-refractivity contribution is -0.121. The van der Waals surface area contributed by atoms with Gasteiger partial charge in [0.05, 0.1) is 6.54 Å². The highest BCUT2D eigenvalue weighted by molar-refractivity contribution is 7.07. The van der Waals surface area contributed by atoms with Crippen LogP contribution in [0.5, 0.6) is 0 Å². The molecule has 1 saturated heterocycles. The fraction of sp³-hybridized carbons (Fsp3) is 0.333. The van der Waals surface area contributed by atoms with Gasteiger partial charge in [0.2, 0.25) is 5.91 Å². The number of rotatable bonds is 5. The Kier molecular flexibility index (Phi) is 5.61. The predicted molar refractivity (Wildman–Crippen MR) is 94.7 cm³/mol. The van der Waals surface area contributed by atoms with Crippen molar-refractivity contribution in [1.82, 2.24) is 15.5 Å². The van der Waals surface area contributed by atoms with E-state index in [1.807, 2.05) is 30.3 Å². The first-order valence-corrected chi connectivity index (χ1v) is 9.04. The molecule has 2 heterocycles.